The molecule has 5 N–H and O–H groups in total. The van der Waals surface area contributed by atoms with Crippen molar-refractivity contribution in [3.8, 4) is 0 Å². The second-order valence-electron chi connectivity index (χ2n) is 14.8. The first-order chi connectivity index (χ1) is 17.0. The van der Waals surface area contributed by atoms with Gasteiger partial charge in [-0.2, -0.15) is 0 Å². The van der Waals surface area contributed by atoms with E-state index in [-0.39, 0.29) is 17.6 Å². The predicted molar refractivity (Wildman–Crippen MR) is 151 cm³/mol. The van der Waals surface area contributed by atoms with Crippen LogP contribution in [0.1, 0.15) is 125 Å². The third kappa shape index (κ3) is 5.32. The van der Waals surface area contributed by atoms with E-state index in [0.29, 0.717) is 29.6 Å². The van der Waals surface area contributed by atoms with Gasteiger partial charge in [0.1, 0.15) is 0 Å². The van der Waals surface area contributed by atoms with Crippen LogP contribution in [-0.2, 0) is 0 Å². The van der Waals surface area contributed by atoms with Crippen molar-refractivity contribution < 1.29 is 10.2 Å². The monoisotopic (exact) mass is 504 g/mol. The molecule has 3 unspecified atom stereocenters. The lowest BCUT2D eigenvalue weighted by Gasteiger charge is -2.66. The van der Waals surface area contributed by atoms with Crippen molar-refractivity contribution in [3.05, 3.63) is 0 Å². The predicted octanol–water partition coefficient (Wildman–Crippen LogP) is 6.28. The maximum atomic E-state index is 12.4. The minimum atomic E-state index is -0.798. The summed E-state index contributed by atoms with van der Waals surface area (Å²) in [7, 11) is 0. The normalized spacial score (nSPS) is 45.2. The molecule has 4 heteroatoms. The molecule has 4 fully saturated rings. The standard InChI is InChI=1S/C32H60N2O2/c1-22(2)9-6-7-11-24-12-13-27-26-19-29(34-18-8-10-23(3)21-33)32(36)20-25(35)14-17-31(32,5)28(26)15-16-30(24,27)4/h22-29,34-36H,6-21,33H2,1-5H3/t23?,24?,25-,26-,27-,28-,29?,30+,31+,32-/m0/s1. The van der Waals surface area contributed by atoms with Crippen molar-refractivity contribution in [2.24, 2.45) is 52.1 Å². The number of aliphatic hydroxyl groups is 2. The Kier molecular flexibility index (Phi) is 9.23. The van der Waals surface area contributed by atoms with Crippen LogP contribution >= 0.6 is 0 Å². The number of rotatable bonds is 11. The highest BCUT2D eigenvalue weighted by Crippen LogP contribution is 2.68. The molecule has 4 aliphatic rings. The van der Waals surface area contributed by atoms with Gasteiger partial charge in [0.15, 0.2) is 0 Å². The number of nitrogens with two attached hydrogens (primary N) is 1. The number of nitrogens with one attached hydrogen (secondary N) is 1. The van der Waals surface area contributed by atoms with Crippen LogP contribution in [0.25, 0.3) is 0 Å². The first-order valence-corrected chi connectivity index (χ1v) is 15.9. The molecule has 0 aromatic carbocycles. The van der Waals surface area contributed by atoms with E-state index in [1.807, 2.05) is 0 Å². The second-order valence-corrected chi connectivity index (χ2v) is 14.8. The van der Waals surface area contributed by atoms with Crippen LogP contribution in [0.4, 0.5) is 0 Å². The molecule has 0 saturated heterocycles. The van der Waals surface area contributed by atoms with E-state index in [1.165, 1.54) is 51.4 Å². The summed E-state index contributed by atoms with van der Waals surface area (Å²) in [5, 5.41) is 26.9. The van der Waals surface area contributed by atoms with Crippen molar-refractivity contribution in [3.63, 3.8) is 0 Å². The zero-order valence-electron chi connectivity index (χ0n) is 24.4. The SMILES string of the molecule is CC(C)CCCCC1CC[C@H]2[C@@H]3CC(NCCCC(C)CN)[C@@]4(O)C[C@@H](O)CC[C@]4(C)[C@H]3CC[C@]12C. The third-order valence-electron chi connectivity index (χ3n) is 12.3. The fourth-order valence-corrected chi connectivity index (χ4v) is 9.92. The molecular weight excluding hydrogens is 444 g/mol. The molecule has 0 spiro atoms. The van der Waals surface area contributed by atoms with Crippen LogP contribution in [0, 0.1) is 46.3 Å². The summed E-state index contributed by atoms with van der Waals surface area (Å²) >= 11 is 0. The van der Waals surface area contributed by atoms with Gasteiger partial charge in [0, 0.05) is 17.9 Å². The van der Waals surface area contributed by atoms with Crippen molar-refractivity contribution in [1.29, 1.82) is 0 Å². The van der Waals surface area contributed by atoms with Crippen molar-refractivity contribution in [2.75, 3.05) is 13.1 Å². The molecule has 0 aromatic heterocycles. The highest BCUT2D eigenvalue weighted by molar-refractivity contribution is 5.18. The number of unbranched alkanes of at least 4 members (excludes halogenated alkanes) is 1. The maximum Gasteiger partial charge on any atom is 0.0880 e. The summed E-state index contributed by atoms with van der Waals surface area (Å²) in [6, 6.07) is 0.0966. The lowest BCUT2D eigenvalue weighted by atomic mass is 9.42. The molecule has 0 aromatic rings. The van der Waals surface area contributed by atoms with E-state index in [1.54, 1.807) is 0 Å². The molecule has 10 atom stereocenters. The van der Waals surface area contributed by atoms with Crippen LogP contribution in [0.15, 0.2) is 0 Å². The number of hydrogen-bond donors (Lipinski definition) is 4. The fraction of sp³-hybridized carbons (Fsp3) is 1.00. The van der Waals surface area contributed by atoms with E-state index in [0.717, 1.165) is 62.9 Å². The lowest BCUT2D eigenvalue weighted by molar-refractivity contribution is -0.233. The van der Waals surface area contributed by atoms with Gasteiger partial charge in [-0.3, -0.25) is 0 Å². The van der Waals surface area contributed by atoms with Gasteiger partial charge in [-0.1, -0.05) is 53.9 Å². The molecule has 4 aliphatic carbocycles. The van der Waals surface area contributed by atoms with E-state index in [4.69, 9.17) is 5.73 Å². The Bertz CT molecular complexity index is 714. The Morgan fingerprint density at radius 3 is 2.44 bits per heavy atom. The summed E-state index contributed by atoms with van der Waals surface area (Å²) in [5.41, 5.74) is 5.45. The third-order valence-corrected chi connectivity index (χ3v) is 12.3. The quantitative estimate of drug-likeness (QED) is 0.250. The van der Waals surface area contributed by atoms with Crippen molar-refractivity contribution in [2.45, 2.75) is 142 Å². The second kappa shape index (κ2) is 11.5. The summed E-state index contributed by atoms with van der Waals surface area (Å²) in [4.78, 5) is 0. The highest BCUT2D eigenvalue weighted by atomic mass is 16.3. The largest absolute Gasteiger partial charge is 0.393 e. The van der Waals surface area contributed by atoms with Gasteiger partial charge >= 0.3 is 0 Å². The average Bonchev–Trinajstić information content (AvgIpc) is 3.16. The Hall–Kier alpha value is -0.160. The molecule has 4 nitrogen and oxygen atoms in total. The van der Waals surface area contributed by atoms with Crippen LogP contribution < -0.4 is 11.1 Å². The Labute approximate surface area is 223 Å². The summed E-state index contributed by atoms with van der Waals surface area (Å²) in [6.45, 7) is 13.7. The smallest absolute Gasteiger partial charge is 0.0880 e. The molecule has 4 saturated carbocycles. The molecule has 0 aliphatic heterocycles. The summed E-state index contributed by atoms with van der Waals surface area (Å²) in [6.07, 6.45) is 16.4. The van der Waals surface area contributed by atoms with E-state index < -0.39 is 5.60 Å². The first kappa shape index (κ1) is 28.8. The lowest BCUT2D eigenvalue weighted by Crippen LogP contribution is -2.71. The van der Waals surface area contributed by atoms with Crippen molar-refractivity contribution in [1.82, 2.24) is 5.32 Å². The van der Waals surface area contributed by atoms with Crippen molar-refractivity contribution >= 4 is 0 Å². The Morgan fingerprint density at radius 1 is 0.944 bits per heavy atom. The Morgan fingerprint density at radius 2 is 1.72 bits per heavy atom. The van der Waals surface area contributed by atoms with E-state index in [2.05, 4.69) is 39.9 Å². The number of aliphatic hydroxyl groups excluding tert-OH is 1. The summed E-state index contributed by atoms with van der Waals surface area (Å²) in [5.74, 6) is 4.39. The van der Waals surface area contributed by atoms with Gasteiger partial charge in [0.25, 0.3) is 0 Å². The fourth-order valence-electron chi connectivity index (χ4n) is 9.92. The minimum Gasteiger partial charge on any atom is -0.393 e. The molecule has 0 radical (unpaired) electrons. The Balaban J connectivity index is 1.50. The first-order valence-electron chi connectivity index (χ1n) is 15.9. The summed E-state index contributed by atoms with van der Waals surface area (Å²) < 4.78 is 0. The number of fused-ring (bicyclic) bond motifs is 5. The highest BCUT2D eigenvalue weighted by Gasteiger charge is 2.67. The van der Waals surface area contributed by atoms with Gasteiger partial charge in [-0.25, -0.2) is 0 Å². The molecule has 0 amide bonds. The average molecular weight is 505 g/mol. The van der Waals surface area contributed by atoms with Crippen LogP contribution in [0.3, 0.4) is 0 Å². The maximum absolute atomic E-state index is 12.4. The van der Waals surface area contributed by atoms with E-state index >= 15 is 0 Å². The van der Waals surface area contributed by atoms with Gasteiger partial charge in [0.2, 0.25) is 0 Å². The zero-order chi connectivity index (χ0) is 26.1. The molecule has 0 bridgehead atoms. The topological polar surface area (TPSA) is 78.5 Å². The molecule has 36 heavy (non-hydrogen) atoms. The number of hydrogen-bond acceptors (Lipinski definition) is 4. The van der Waals surface area contributed by atoms with Gasteiger partial charge in [-0.05, 0) is 118 Å². The van der Waals surface area contributed by atoms with Gasteiger partial charge in [0.05, 0.1) is 11.7 Å². The molecular formula is C32H60N2O2. The van der Waals surface area contributed by atoms with Gasteiger partial charge in [-0.15, -0.1) is 0 Å². The molecule has 210 valence electrons. The van der Waals surface area contributed by atoms with Crippen LogP contribution in [0.2, 0.25) is 0 Å². The van der Waals surface area contributed by atoms with Crippen LogP contribution in [-0.4, -0.2) is 41.0 Å². The van der Waals surface area contributed by atoms with Gasteiger partial charge < -0.3 is 21.3 Å². The minimum absolute atomic E-state index is 0.0892. The van der Waals surface area contributed by atoms with Crippen LogP contribution in [0.5, 0.6) is 0 Å². The van der Waals surface area contributed by atoms with E-state index in [9.17, 15) is 10.2 Å². The molecule has 0 heterocycles. The zero-order valence-corrected chi connectivity index (χ0v) is 24.4. The molecule has 4 rings (SSSR count).